The van der Waals surface area contributed by atoms with Crippen LogP contribution in [0.25, 0.3) is 0 Å². The van der Waals surface area contributed by atoms with E-state index < -0.39 is 0 Å². The minimum atomic E-state index is -0.359. The van der Waals surface area contributed by atoms with Crippen molar-refractivity contribution < 1.29 is 9.90 Å². The molecule has 0 saturated carbocycles. The summed E-state index contributed by atoms with van der Waals surface area (Å²) in [4.78, 5) is 14.2. The Balaban J connectivity index is 2.16. The van der Waals surface area contributed by atoms with Gasteiger partial charge in [0.05, 0.1) is 21.3 Å². The maximum atomic E-state index is 12.6. The summed E-state index contributed by atoms with van der Waals surface area (Å²) in [7, 11) is 0. The number of benzene rings is 2. The third kappa shape index (κ3) is 5.36. The van der Waals surface area contributed by atoms with Gasteiger partial charge in [-0.15, -0.1) is 0 Å². The number of carbonyl (C=O) groups is 1. The molecule has 2 aromatic carbocycles. The summed E-state index contributed by atoms with van der Waals surface area (Å²) in [6, 6.07) is 13.6. The standard InChI is InChI=1S/C18H17Cl2N3O2/c19-15-7-6-13(10-16(15)20)12-23(8-3-9-24)18(25)22-17-5-2-1-4-14(17)11-21/h1-2,4-7,10,24H,3,8-9,12H2,(H,22,25). The van der Waals surface area contributed by atoms with Crippen LogP contribution in [0.3, 0.4) is 0 Å². The molecule has 0 aliphatic carbocycles. The first-order valence-electron chi connectivity index (χ1n) is 7.65. The molecule has 130 valence electrons. The Morgan fingerprint density at radius 1 is 1.20 bits per heavy atom. The van der Waals surface area contributed by atoms with Crippen molar-refractivity contribution in [3.63, 3.8) is 0 Å². The number of aliphatic hydroxyl groups excluding tert-OH is 1. The van der Waals surface area contributed by atoms with Gasteiger partial charge in [0, 0.05) is 19.7 Å². The van der Waals surface area contributed by atoms with Gasteiger partial charge in [-0.3, -0.25) is 0 Å². The molecule has 2 rings (SSSR count). The van der Waals surface area contributed by atoms with Crippen LogP contribution in [0.15, 0.2) is 42.5 Å². The Bertz CT molecular complexity index is 790. The summed E-state index contributed by atoms with van der Waals surface area (Å²) in [5.41, 5.74) is 1.64. The lowest BCUT2D eigenvalue weighted by Gasteiger charge is -2.23. The molecule has 0 unspecified atom stereocenters. The third-order valence-electron chi connectivity index (χ3n) is 3.52. The lowest BCUT2D eigenvalue weighted by Crippen LogP contribution is -2.35. The van der Waals surface area contributed by atoms with Crippen molar-refractivity contribution >= 4 is 34.9 Å². The molecule has 0 aromatic heterocycles. The van der Waals surface area contributed by atoms with E-state index in [1.54, 1.807) is 47.4 Å². The molecule has 7 heteroatoms. The van der Waals surface area contributed by atoms with Crippen LogP contribution in [0.2, 0.25) is 10.0 Å². The number of halogens is 2. The maximum absolute atomic E-state index is 12.6. The number of nitriles is 1. The second-order valence-corrected chi connectivity index (χ2v) is 6.15. The zero-order chi connectivity index (χ0) is 18.2. The highest BCUT2D eigenvalue weighted by molar-refractivity contribution is 6.42. The van der Waals surface area contributed by atoms with E-state index in [0.717, 1.165) is 5.56 Å². The minimum Gasteiger partial charge on any atom is -0.396 e. The van der Waals surface area contributed by atoms with Crippen LogP contribution in [-0.4, -0.2) is 29.2 Å². The van der Waals surface area contributed by atoms with Crippen LogP contribution < -0.4 is 5.32 Å². The van der Waals surface area contributed by atoms with E-state index >= 15 is 0 Å². The van der Waals surface area contributed by atoms with Crippen LogP contribution in [-0.2, 0) is 6.54 Å². The number of nitrogens with one attached hydrogen (secondary N) is 1. The molecule has 0 aliphatic rings. The van der Waals surface area contributed by atoms with Gasteiger partial charge in [0.25, 0.3) is 0 Å². The number of amides is 2. The van der Waals surface area contributed by atoms with E-state index in [-0.39, 0.29) is 12.6 Å². The first-order valence-corrected chi connectivity index (χ1v) is 8.40. The second-order valence-electron chi connectivity index (χ2n) is 5.33. The van der Waals surface area contributed by atoms with Crippen molar-refractivity contribution in [1.82, 2.24) is 4.90 Å². The molecular formula is C18H17Cl2N3O2. The summed E-state index contributed by atoms with van der Waals surface area (Å²) in [6.07, 6.45) is 0.439. The number of nitrogens with zero attached hydrogens (tertiary/aromatic N) is 2. The molecular weight excluding hydrogens is 361 g/mol. The summed E-state index contributed by atoms with van der Waals surface area (Å²) in [6.45, 7) is 0.634. The lowest BCUT2D eigenvalue weighted by atomic mass is 10.2. The van der Waals surface area contributed by atoms with Gasteiger partial charge in [-0.05, 0) is 36.2 Å². The quantitative estimate of drug-likeness (QED) is 0.788. The highest BCUT2D eigenvalue weighted by Crippen LogP contribution is 2.23. The summed E-state index contributed by atoms with van der Waals surface area (Å²) >= 11 is 11.9. The average Bonchev–Trinajstić information content (AvgIpc) is 2.62. The van der Waals surface area contributed by atoms with Crippen LogP contribution in [0.4, 0.5) is 10.5 Å². The normalized spacial score (nSPS) is 10.2. The van der Waals surface area contributed by atoms with E-state index in [1.165, 1.54) is 0 Å². The smallest absolute Gasteiger partial charge is 0.322 e. The molecule has 25 heavy (non-hydrogen) atoms. The molecule has 2 N–H and O–H groups in total. The zero-order valence-electron chi connectivity index (χ0n) is 13.4. The number of hydrogen-bond acceptors (Lipinski definition) is 3. The fourth-order valence-electron chi connectivity index (χ4n) is 2.26. The van der Waals surface area contributed by atoms with E-state index in [9.17, 15) is 4.79 Å². The Labute approximate surface area is 156 Å². The van der Waals surface area contributed by atoms with Crippen molar-refractivity contribution in [2.45, 2.75) is 13.0 Å². The number of rotatable bonds is 6. The summed E-state index contributed by atoms with van der Waals surface area (Å²) < 4.78 is 0. The molecule has 0 bridgehead atoms. The summed E-state index contributed by atoms with van der Waals surface area (Å²) in [5.74, 6) is 0. The predicted octanol–water partition coefficient (Wildman–Crippen LogP) is 4.28. The van der Waals surface area contributed by atoms with Gasteiger partial charge in [0.1, 0.15) is 6.07 Å². The predicted molar refractivity (Wildman–Crippen MR) is 98.8 cm³/mol. The molecule has 0 saturated heterocycles. The van der Waals surface area contributed by atoms with Gasteiger partial charge in [-0.25, -0.2) is 4.79 Å². The number of hydrogen-bond donors (Lipinski definition) is 2. The Kier molecular flexibility index (Phi) is 7.08. The van der Waals surface area contributed by atoms with Crippen molar-refractivity contribution in [3.8, 4) is 6.07 Å². The van der Waals surface area contributed by atoms with Crippen LogP contribution >= 0.6 is 23.2 Å². The van der Waals surface area contributed by atoms with Crippen LogP contribution in [0, 0.1) is 11.3 Å². The van der Waals surface area contributed by atoms with Crippen molar-refractivity contribution in [1.29, 1.82) is 5.26 Å². The SMILES string of the molecule is N#Cc1ccccc1NC(=O)N(CCCO)Cc1ccc(Cl)c(Cl)c1. The van der Waals surface area contributed by atoms with Crippen LogP contribution in [0.5, 0.6) is 0 Å². The second kappa shape index (κ2) is 9.28. The van der Waals surface area contributed by atoms with E-state index in [4.69, 9.17) is 33.6 Å². The maximum Gasteiger partial charge on any atom is 0.322 e. The summed E-state index contributed by atoms with van der Waals surface area (Å²) in [5, 5.41) is 21.8. The van der Waals surface area contributed by atoms with Gasteiger partial charge in [0.15, 0.2) is 0 Å². The molecule has 0 aliphatic heterocycles. The van der Waals surface area contributed by atoms with Crippen molar-refractivity contribution in [2.24, 2.45) is 0 Å². The molecule has 2 amide bonds. The molecule has 0 radical (unpaired) electrons. The topological polar surface area (TPSA) is 76.4 Å². The first kappa shape index (κ1) is 19.1. The van der Waals surface area contributed by atoms with Crippen LogP contribution in [0.1, 0.15) is 17.5 Å². The zero-order valence-corrected chi connectivity index (χ0v) is 14.9. The fourth-order valence-corrected chi connectivity index (χ4v) is 2.58. The number of urea groups is 1. The Morgan fingerprint density at radius 3 is 2.64 bits per heavy atom. The average molecular weight is 378 g/mol. The number of anilines is 1. The highest BCUT2D eigenvalue weighted by atomic mass is 35.5. The van der Waals surface area contributed by atoms with Gasteiger partial charge in [-0.1, -0.05) is 41.4 Å². The monoisotopic (exact) mass is 377 g/mol. The number of aliphatic hydroxyl groups is 1. The molecule has 0 spiro atoms. The Hall–Kier alpha value is -2.26. The molecule has 2 aromatic rings. The minimum absolute atomic E-state index is 0.0278. The number of carbonyl (C=O) groups excluding carboxylic acids is 1. The van der Waals surface area contributed by atoms with Gasteiger partial charge < -0.3 is 15.3 Å². The molecule has 0 atom stereocenters. The molecule has 5 nitrogen and oxygen atoms in total. The Morgan fingerprint density at radius 2 is 1.96 bits per heavy atom. The highest BCUT2D eigenvalue weighted by Gasteiger charge is 2.16. The van der Waals surface area contributed by atoms with E-state index in [2.05, 4.69) is 5.32 Å². The fraction of sp³-hybridized carbons (Fsp3) is 0.222. The van der Waals surface area contributed by atoms with Gasteiger partial charge >= 0.3 is 6.03 Å². The lowest BCUT2D eigenvalue weighted by molar-refractivity contribution is 0.199. The van der Waals surface area contributed by atoms with Crippen molar-refractivity contribution in [2.75, 3.05) is 18.5 Å². The number of para-hydroxylation sites is 1. The van der Waals surface area contributed by atoms with E-state index in [1.807, 2.05) is 6.07 Å². The largest absolute Gasteiger partial charge is 0.396 e. The van der Waals surface area contributed by atoms with Gasteiger partial charge in [0.2, 0.25) is 0 Å². The first-order chi connectivity index (χ1) is 12.0. The third-order valence-corrected chi connectivity index (χ3v) is 4.26. The molecule has 0 heterocycles. The van der Waals surface area contributed by atoms with Crippen molar-refractivity contribution in [3.05, 3.63) is 63.6 Å². The molecule has 0 fully saturated rings. The van der Waals surface area contributed by atoms with Gasteiger partial charge in [-0.2, -0.15) is 5.26 Å². The van der Waals surface area contributed by atoms with E-state index in [0.29, 0.717) is 40.8 Å².